The van der Waals surface area contributed by atoms with Crippen LogP contribution in [0.25, 0.3) is 10.8 Å². The van der Waals surface area contributed by atoms with Gasteiger partial charge in [-0.3, -0.25) is 9.78 Å². The van der Waals surface area contributed by atoms with E-state index in [2.05, 4.69) is 4.98 Å². The van der Waals surface area contributed by atoms with Crippen LogP contribution in [-0.4, -0.2) is 10.9 Å². The Bertz CT molecular complexity index is 519. The Balaban J connectivity index is 2.47. The van der Waals surface area contributed by atoms with Crippen LogP contribution in [0.2, 0.25) is 0 Å². The molecule has 1 atom stereocenters. The van der Waals surface area contributed by atoms with E-state index in [1.807, 2.05) is 24.3 Å². The number of hydrogen-bond donors (Lipinski definition) is 2. The van der Waals surface area contributed by atoms with Crippen LogP contribution >= 0.6 is 0 Å². The zero-order valence-corrected chi connectivity index (χ0v) is 8.76. The zero-order valence-electron chi connectivity index (χ0n) is 8.76. The highest BCUT2D eigenvalue weighted by Crippen LogP contribution is 2.23. The molecule has 0 spiro atoms. The molecule has 0 saturated heterocycles. The highest BCUT2D eigenvalue weighted by molar-refractivity contribution is 5.85. The number of nitrogens with two attached hydrogens (primary N) is 2. The standard InChI is InChI=1S/C12H13N3O/c13-11(5-12(14)16)10-7-15-6-8-3-1-2-4-9(8)10/h1-4,6-7,11H,5,13H2,(H2,14,16). The fraction of sp³-hybridized carbons (Fsp3) is 0.167. The predicted octanol–water partition coefficient (Wildman–Crippen LogP) is 1.11. The van der Waals surface area contributed by atoms with E-state index in [1.165, 1.54) is 0 Å². The van der Waals surface area contributed by atoms with E-state index in [0.717, 1.165) is 16.3 Å². The molecular formula is C12H13N3O. The first-order chi connectivity index (χ1) is 7.68. The number of rotatable bonds is 3. The molecule has 0 radical (unpaired) electrons. The lowest BCUT2D eigenvalue weighted by molar-refractivity contribution is -0.118. The minimum absolute atomic E-state index is 0.135. The summed E-state index contributed by atoms with van der Waals surface area (Å²) in [6, 6.07) is 7.41. The van der Waals surface area contributed by atoms with Gasteiger partial charge in [0.05, 0.1) is 0 Å². The minimum atomic E-state index is -0.402. The first-order valence-corrected chi connectivity index (χ1v) is 5.05. The topological polar surface area (TPSA) is 82.0 Å². The highest BCUT2D eigenvalue weighted by atomic mass is 16.1. The van der Waals surface area contributed by atoms with Gasteiger partial charge in [0.1, 0.15) is 0 Å². The van der Waals surface area contributed by atoms with E-state index in [-0.39, 0.29) is 6.42 Å². The zero-order chi connectivity index (χ0) is 11.5. The number of pyridine rings is 1. The summed E-state index contributed by atoms with van der Waals surface area (Å²) < 4.78 is 0. The van der Waals surface area contributed by atoms with Gasteiger partial charge in [-0.1, -0.05) is 24.3 Å². The molecule has 2 aromatic rings. The van der Waals surface area contributed by atoms with Crippen LogP contribution in [0.15, 0.2) is 36.7 Å². The van der Waals surface area contributed by atoms with Gasteiger partial charge in [-0.15, -0.1) is 0 Å². The maximum absolute atomic E-state index is 10.8. The minimum Gasteiger partial charge on any atom is -0.370 e. The second-order valence-electron chi connectivity index (χ2n) is 3.73. The number of aromatic nitrogens is 1. The van der Waals surface area contributed by atoms with Crippen LogP contribution in [0.3, 0.4) is 0 Å². The van der Waals surface area contributed by atoms with Gasteiger partial charge >= 0.3 is 0 Å². The third-order valence-electron chi connectivity index (χ3n) is 2.52. The van der Waals surface area contributed by atoms with Gasteiger partial charge in [-0.2, -0.15) is 0 Å². The Labute approximate surface area is 93.3 Å². The average molecular weight is 215 g/mol. The molecule has 0 aliphatic heterocycles. The van der Waals surface area contributed by atoms with Crippen LogP contribution < -0.4 is 11.5 Å². The van der Waals surface area contributed by atoms with Crippen molar-refractivity contribution in [3.63, 3.8) is 0 Å². The van der Waals surface area contributed by atoms with Crippen molar-refractivity contribution in [3.05, 3.63) is 42.2 Å². The SMILES string of the molecule is NC(=O)CC(N)c1cncc2ccccc12. The molecule has 4 nitrogen and oxygen atoms in total. The lowest BCUT2D eigenvalue weighted by Gasteiger charge is -2.12. The number of hydrogen-bond acceptors (Lipinski definition) is 3. The molecule has 1 amide bonds. The number of benzene rings is 1. The maximum atomic E-state index is 10.8. The average Bonchev–Trinajstić information content (AvgIpc) is 2.27. The molecule has 2 rings (SSSR count). The molecule has 1 aromatic heterocycles. The molecule has 16 heavy (non-hydrogen) atoms. The van der Waals surface area contributed by atoms with Crippen molar-refractivity contribution in [1.82, 2.24) is 4.98 Å². The Morgan fingerprint density at radius 1 is 1.31 bits per heavy atom. The van der Waals surface area contributed by atoms with E-state index in [9.17, 15) is 4.79 Å². The van der Waals surface area contributed by atoms with Crippen LogP contribution in [0.1, 0.15) is 18.0 Å². The summed E-state index contributed by atoms with van der Waals surface area (Å²) in [5, 5.41) is 2.03. The first kappa shape index (κ1) is 10.6. The predicted molar refractivity (Wildman–Crippen MR) is 62.5 cm³/mol. The van der Waals surface area contributed by atoms with Crippen LogP contribution in [-0.2, 0) is 4.79 Å². The molecule has 1 heterocycles. The summed E-state index contributed by atoms with van der Waals surface area (Å²) in [5.41, 5.74) is 11.9. The van der Waals surface area contributed by atoms with E-state index in [0.29, 0.717) is 0 Å². The molecule has 4 N–H and O–H groups in total. The van der Waals surface area contributed by atoms with Crippen LogP contribution in [0, 0.1) is 0 Å². The molecule has 0 bridgehead atoms. The third kappa shape index (κ3) is 2.01. The number of fused-ring (bicyclic) bond motifs is 1. The van der Waals surface area contributed by atoms with Gasteiger partial charge < -0.3 is 11.5 Å². The Morgan fingerprint density at radius 2 is 2.06 bits per heavy atom. The van der Waals surface area contributed by atoms with Crippen LogP contribution in [0.4, 0.5) is 0 Å². The number of carbonyl (C=O) groups is 1. The number of nitrogens with zero attached hydrogens (tertiary/aromatic N) is 1. The molecule has 0 fully saturated rings. The molecule has 1 aromatic carbocycles. The monoisotopic (exact) mass is 215 g/mol. The summed E-state index contributed by atoms with van der Waals surface area (Å²) in [5.74, 6) is -0.402. The number of amides is 1. The largest absolute Gasteiger partial charge is 0.370 e. The maximum Gasteiger partial charge on any atom is 0.219 e. The number of primary amides is 1. The molecule has 0 saturated carbocycles. The van der Waals surface area contributed by atoms with Crippen molar-refractivity contribution in [3.8, 4) is 0 Å². The van der Waals surface area contributed by atoms with Gasteiger partial charge in [0, 0.05) is 30.2 Å². The van der Waals surface area contributed by atoms with Gasteiger partial charge in [-0.25, -0.2) is 0 Å². The number of carbonyl (C=O) groups excluding carboxylic acids is 1. The highest BCUT2D eigenvalue weighted by Gasteiger charge is 2.12. The molecular weight excluding hydrogens is 202 g/mol. The van der Waals surface area contributed by atoms with E-state index in [4.69, 9.17) is 11.5 Å². The quantitative estimate of drug-likeness (QED) is 0.804. The summed E-state index contributed by atoms with van der Waals surface area (Å²) in [7, 11) is 0. The van der Waals surface area contributed by atoms with Crippen molar-refractivity contribution < 1.29 is 4.79 Å². The van der Waals surface area contributed by atoms with E-state index < -0.39 is 11.9 Å². The molecule has 1 unspecified atom stereocenters. The second kappa shape index (κ2) is 4.28. The fourth-order valence-electron chi connectivity index (χ4n) is 1.76. The first-order valence-electron chi connectivity index (χ1n) is 5.05. The normalized spacial score (nSPS) is 12.6. The van der Waals surface area contributed by atoms with Crippen molar-refractivity contribution in [2.75, 3.05) is 0 Å². The lowest BCUT2D eigenvalue weighted by Crippen LogP contribution is -2.21. The van der Waals surface area contributed by atoms with Gasteiger partial charge in [0.25, 0.3) is 0 Å². The Hall–Kier alpha value is -1.94. The summed E-state index contributed by atoms with van der Waals surface area (Å²) in [6.45, 7) is 0. The Morgan fingerprint density at radius 3 is 2.81 bits per heavy atom. The Kier molecular flexibility index (Phi) is 2.83. The van der Waals surface area contributed by atoms with Crippen molar-refractivity contribution >= 4 is 16.7 Å². The fourth-order valence-corrected chi connectivity index (χ4v) is 1.76. The second-order valence-corrected chi connectivity index (χ2v) is 3.73. The van der Waals surface area contributed by atoms with Crippen molar-refractivity contribution in [2.24, 2.45) is 11.5 Å². The molecule has 82 valence electrons. The van der Waals surface area contributed by atoms with Gasteiger partial charge in [-0.05, 0) is 10.9 Å². The molecule has 0 aliphatic rings. The van der Waals surface area contributed by atoms with Gasteiger partial charge in [0.2, 0.25) is 5.91 Å². The summed E-state index contributed by atoms with van der Waals surface area (Å²) >= 11 is 0. The molecule has 4 heteroatoms. The molecule has 0 aliphatic carbocycles. The van der Waals surface area contributed by atoms with Crippen molar-refractivity contribution in [1.29, 1.82) is 0 Å². The lowest BCUT2D eigenvalue weighted by atomic mass is 10.00. The smallest absolute Gasteiger partial charge is 0.219 e. The summed E-state index contributed by atoms with van der Waals surface area (Å²) in [4.78, 5) is 15.0. The van der Waals surface area contributed by atoms with E-state index in [1.54, 1.807) is 12.4 Å². The van der Waals surface area contributed by atoms with Gasteiger partial charge in [0.15, 0.2) is 0 Å². The third-order valence-corrected chi connectivity index (χ3v) is 2.52. The van der Waals surface area contributed by atoms with E-state index >= 15 is 0 Å². The van der Waals surface area contributed by atoms with Crippen LogP contribution in [0.5, 0.6) is 0 Å². The summed E-state index contributed by atoms with van der Waals surface area (Å²) in [6.07, 6.45) is 3.60. The van der Waals surface area contributed by atoms with Crippen molar-refractivity contribution in [2.45, 2.75) is 12.5 Å².